The van der Waals surface area contributed by atoms with Gasteiger partial charge in [0.05, 0.1) is 25.0 Å². The van der Waals surface area contributed by atoms with Crippen LogP contribution >= 0.6 is 15.9 Å². The van der Waals surface area contributed by atoms with Crippen molar-refractivity contribution in [2.75, 3.05) is 0 Å². The normalized spacial score (nSPS) is 10.2. The van der Waals surface area contributed by atoms with Gasteiger partial charge in [0.25, 0.3) is 0 Å². The van der Waals surface area contributed by atoms with Crippen LogP contribution < -0.4 is 5.32 Å². The van der Waals surface area contributed by atoms with Crippen LogP contribution in [-0.4, -0.2) is 15.9 Å². The monoisotopic (exact) mass is 293 g/mol. The fraction of sp³-hybridized carbons (Fsp3) is 0.167. The fourth-order valence-corrected chi connectivity index (χ4v) is 1.92. The highest BCUT2D eigenvalue weighted by atomic mass is 79.9. The molecule has 4 nitrogen and oxygen atoms in total. The number of H-pyrrole nitrogens is 1. The van der Waals surface area contributed by atoms with E-state index in [0.29, 0.717) is 13.0 Å². The largest absolute Gasteiger partial charge is 0.350 e. The van der Waals surface area contributed by atoms with E-state index in [9.17, 15) is 4.79 Å². The third-order valence-corrected chi connectivity index (χ3v) is 2.78. The van der Waals surface area contributed by atoms with Gasteiger partial charge in [-0.25, -0.2) is 4.98 Å². The molecule has 1 amide bonds. The van der Waals surface area contributed by atoms with Gasteiger partial charge in [-0.3, -0.25) is 4.79 Å². The van der Waals surface area contributed by atoms with Gasteiger partial charge < -0.3 is 10.3 Å². The average Bonchev–Trinajstić information content (AvgIpc) is 2.79. The maximum Gasteiger partial charge on any atom is 0.224 e. The summed E-state index contributed by atoms with van der Waals surface area (Å²) in [5, 5.41) is 2.83. The zero-order valence-electron chi connectivity index (χ0n) is 9.11. The molecule has 17 heavy (non-hydrogen) atoms. The smallest absolute Gasteiger partial charge is 0.224 e. The van der Waals surface area contributed by atoms with Crippen molar-refractivity contribution in [2.24, 2.45) is 0 Å². The Balaban J connectivity index is 1.85. The lowest BCUT2D eigenvalue weighted by molar-refractivity contribution is -0.120. The van der Waals surface area contributed by atoms with Crippen LogP contribution in [0.15, 0.2) is 41.3 Å². The molecule has 0 saturated heterocycles. The van der Waals surface area contributed by atoms with E-state index in [4.69, 9.17) is 0 Å². The van der Waals surface area contributed by atoms with Crippen LogP contribution in [0.4, 0.5) is 0 Å². The zero-order chi connectivity index (χ0) is 12.1. The average molecular weight is 294 g/mol. The standard InChI is InChI=1S/C12H12BrN3O/c13-10-3-1-2-9(4-10)5-12(17)15-7-11-6-14-8-16-11/h1-4,6,8H,5,7H2,(H,14,16)(H,15,17). The Hall–Kier alpha value is -1.62. The highest BCUT2D eigenvalue weighted by Crippen LogP contribution is 2.11. The maximum atomic E-state index is 11.7. The molecule has 5 heteroatoms. The Kier molecular flexibility index (Phi) is 3.93. The van der Waals surface area contributed by atoms with Crippen LogP contribution in [0, 0.1) is 0 Å². The van der Waals surface area contributed by atoms with Gasteiger partial charge in [-0.15, -0.1) is 0 Å². The molecular weight excluding hydrogens is 282 g/mol. The number of imidazole rings is 1. The molecule has 1 aromatic heterocycles. The molecule has 0 fully saturated rings. The van der Waals surface area contributed by atoms with E-state index in [2.05, 4.69) is 31.2 Å². The first kappa shape index (κ1) is 11.9. The van der Waals surface area contributed by atoms with Crippen LogP contribution in [0.1, 0.15) is 11.3 Å². The second kappa shape index (κ2) is 5.63. The molecule has 0 radical (unpaired) electrons. The van der Waals surface area contributed by atoms with Crippen molar-refractivity contribution in [3.05, 3.63) is 52.5 Å². The molecule has 0 spiro atoms. The molecule has 0 aliphatic carbocycles. The highest BCUT2D eigenvalue weighted by Gasteiger charge is 2.03. The lowest BCUT2D eigenvalue weighted by Gasteiger charge is -2.04. The number of rotatable bonds is 4. The van der Waals surface area contributed by atoms with Crippen molar-refractivity contribution in [3.63, 3.8) is 0 Å². The summed E-state index contributed by atoms with van der Waals surface area (Å²) >= 11 is 3.38. The predicted octanol–water partition coefficient (Wildman–Crippen LogP) is 2.03. The minimum atomic E-state index is -0.00213. The van der Waals surface area contributed by atoms with Gasteiger partial charge in [-0.1, -0.05) is 28.1 Å². The van der Waals surface area contributed by atoms with Crippen molar-refractivity contribution in [3.8, 4) is 0 Å². The number of nitrogens with zero attached hydrogens (tertiary/aromatic N) is 1. The van der Waals surface area contributed by atoms with Gasteiger partial charge >= 0.3 is 0 Å². The van der Waals surface area contributed by atoms with Crippen molar-refractivity contribution in [1.29, 1.82) is 0 Å². The number of halogens is 1. The Labute approximate surface area is 108 Å². The number of carbonyl (C=O) groups is 1. The predicted molar refractivity (Wildman–Crippen MR) is 68.3 cm³/mol. The second-order valence-electron chi connectivity index (χ2n) is 3.66. The van der Waals surface area contributed by atoms with Crippen molar-refractivity contribution >= 4 is 21.8 Å². The Morgan fingerprint density at radius 3 is 3.06 bits per heavy atom. The summed E-state index contributed by atoms with van der Waals surface area (Å²) in [6.07, 6.45) is 3.67. The minimum absolute atomic E-state index is 0.00213. The first-order valence-electron chi connectivity index (χ1n) is 5.22. The number of hydrogen-bond acceptors (Lipinski definition) is 2. The van der Waals surface area contributed by atoms with Crippen molar-refractivity contribution in [2.45, 2.75) is 13.0 Å². The van der Waals surface area contributed by atoms with Gasteiger partial charge in [0, 0.05) is 10.7 Å². The molecule has 88 valence electrons. The van der Waals surface area contributed by atoms with Gasteiger partial charge in [0.1, 0.15) is 0 Å². The lowest BCUT2D eigenvalue weighted by Crippen LogP contribution is -2.24. The van der Waals surface area contributed by atoms with Gasteiger partial charge in [0.15, 0.2) is 0 Å². The molecule has 2 aromatic rings. The summed E-state index contributed by atoms with van der Waals surface area (Å²) in [7, 11) is 0. The molecule has 0 saturated carbocycles. The summed E-state index contributed by atoms with van der Waals surface area (Å²) < 4.78 is 0.983. The Bertz CT molecular complexity index is 496. The maximum absolute atomic E-state index is 11.7. The van der Waals surface area contributed by atoms with E-state index in [1.54, 1.807) is 12.5 Å². The van der Waals surface area contributed by atoms with E-state index in [1.165, 1.54) is 0 Å². The van der Waals surface area contributed by atoms with E-state index in [0.717, 1.165) is 15.7 Å². The molecule has 0 unspecified atom stereocenters. The quantitative estimate of drug-likeness (QED) is 0.906. The molecule has 0 bridgehead atoms. The topological polar surface area (TPSA) is 57.8 Å². The zero-order valence-corrected chi connectivity index (χ0v) is 10.7. The lowest BCUT2D eigenvalue weighted by atomic mass is 10.1. The molecule has 0 aliphatic rings. The van der Waals surface area contributed by atoms with Crippen molar-refractivity contribution in [1.82, 2.24) is 15.3 Å². The number of hydrogen-bond donors (Lipinski definition) is 2. The summed E-state index contributed by atoms with van der Waals surface area (Å²) in [5.74, 6) is -0.00213. The molecule has 1 aromatic carbocycles. The molecule has 2 N–H and O–H groups in total. The molecule has 1 heterocycles. The number of amides is 1. The summed E-state index contributed by atoms with van der Waals surface area (Å²) in [5.41, 5.74) is 1.88. The summed E-state index contributed by atoms with van der Waals surface area (Å²) in [6, 6.07) is 7.73. The van der Waals surface area contributed by atoms with E-state index < -0.39 is 0 Å². The molecule has 0 atom stereocenters. The van der Waals surface area contributed by atoms with Crippen LogP contribution in [0.5, 0.6) is 0 Å². The number of aromatic nitrogens is 2. The first-order chi connectivity index (χ1) is 8.24. The number of nitrogens with one attached hydrogen (secondary N) is 2. The highest BCUT2D eigenvalue weighted by molar-refractivity contribution is 9.10. The molecule has 0 aliphatic heterocycles. The van der Waals surface area contributed by atoms with E-state index in [-0.39, 0.29) is 5.91 Å². The third kappa shape index (κ3) is 3.71. The number of aromatic amines is 1. The molecular formula is C12H12BrN3O. The summed E-state index contributed by atoms with van der Waals surface area (Å²) in [4.78, 5) is 18.5. The van der Waals surface area contributed by atoms with E-state index in [1.807, 2.05) is 24.3 Å². The van der Waals surface area contributed by atoms with Gasteiger partial charge in [-0.05, 0) is 17.7 Å². The minimum Gasteiger partial charge on any atom is -0.350 e. The SMILES string of the molecule is O=C(Cc1cccc(Br)c1)NCc1cnc[nH]1. The van der Waals surface area contributed by atoms with Gasteiger partial charge in [0.2, 0.25) is 5.91 Å². The van der Waals surface area contributed by atoms with Crippen LogP contribution in [-0.2, 0) is 17.8 Å². The van der Waals surface area contributed by atoms with Crippen LogP contribution in [0.3, 0.4) is 0 Å². The van der Waals surface area contributed by atoms with Crippen molar-refractivity contribution < 1.29 is 4.79 Å². The summed E-state index contributed by atoms with van der Waals surface area (Å²) in [6.45, 7) is 0.479. The van der Waals surface area contributed by atoms with E-state index >= 15 is 0 Å². The molecule has 2 rings (SSSR count). The fourth-order valence-electron chi connectivity index (χ4n) is 1.47. The van der Waals surface area contributed by atoms with Crippen LogP contribution in [0.2, 0.25) is 0 Å². The Morgan fingerprint density at radius 2 is 2.35 bits per heavy atom. The van der Waals surface area contributed by atoms with Crippen LogP contribution in [0.25, 0.3) is 0 Å². The Morgan fingerprint density at radius 1 is 1.47 bits per heavy atom. The second-order valence-corrected chi connectivity index (χ2v) is 4.58. The third-order valence-electron chi connectivity index (χ3n) is 2.28. The number of carbonyl (C=O) groups excluding carboxylic acids is 1. The first-order valence-corrected chi connectivity index (χ1v) is 6.02. The van der Waals surface area contributed by atoms with Gasteiger partial charge in [-0.2, -0.15) is 0 Å². The number of benzene rings is 1.